The van der Waals surface area contributed by atoms with E-state index in [-0.39, 0.29) is 59.7 Å². The lowest BCUT2D eigenvalue weighted by atomic mass is 9.96. The molecule has 0 aromatic rings. The van der Waals surface area contributed by atoms with Gasteiger partial charge in [-0.15, -0.1) is 12.4 Å². The van der Waals surface area contributed by atoms with Gasteiger partial charge in [-0.1, -0.05) is 41.5 Å². The molecule has 12 heteroatoms. The van der Waals surface area contributed by atoms with E-state index >= 15 is 0 Å². The van der Waals surface area contributed by atoms with Crippen molar-refractivity contribution < 1.29 is 24.0 Å². The molecule has 0 radical (unpaired) electrons. The molecular formula is C32H59ClN6O5. The maximum Gasteiger partial charge on any atom is 0.246 e. The molecule has 11 nitrogen and oxygen atoms in total. The van der Waals surface area contributed by atoms with E-state index in [9.17, 15) is 24.0 Å². The van der Waals surface area contributed by atoms with Crippen molar-refractivity contribution in [3.8, 4) is 0 Å². The van der Waals surface area contributed by atoms with Crippen molar-refractivity contribution in [1.29, 1.82) is 0 Å². The number of likely N-dealkylation sites (N-methyl/N-ethyl adjacent to an activating group) is 2. The summed E-state index contributed by atoms with van der Waals surface area (Å²) in [4.78, 5) is 74.7. The van der Waals surface area contributed by atoms with Crippen molar-refractivity contribution in [3.63, 3.8) is 0 Å². The van der Waals surface area contributed by atoms with Gasteiger partial charge in [0.1, 0.15) is 24.2 Å². The van der Waals surface area contributed by atoms with Crippen LogP contribution >= 0.6 is 12.4 Å². The number of likely N-dealkylation sites (tertiary alicyclic amines) is 2. The first-order valence-corrected chi connectivity index (χ1v) is 16.0. The Morgan fingerprint density at radius 1 is 0.750 bits per heavy atom. The Balaban J connectivity index is 0.00000968. The maximum absolute atomic E-state index is 14.2. The fourth-order valence-corrected chi connectivity index (χ4v) is 6.54. The van der Waals surface area contributed by atoms with Crippen LogP contribution in [0.15, 0.2) is 0 Å². The van der Waals surface area contributed by atoms with Gasteiger partial charge in [0.05, 0.1) is 6.04 Å². The molecule has 2 aliphatic rings. The Bertz CT molecular complexity index is 1020. The number of halogens is 1. The number of rotatable bonds is 11. The van der Waals surface area contributed by atoms with Gasteiger partial charge in [-0.05, 0) is 78.3 Å². The third kappa shape index (κ3) is 9.55. The molecule has 0 aromatic carbocycles. The van der Waals surface area contributed by atoms with Gasteiger partial charge >= 0.3 is 0 Å². The minimum atomic E-state index is -0.813. The molecule has 5 atom stereocenters. The monoisotopic (exact) mass is 642 g/mol. The fourth-order valence-electron chi connectivity index (χ4n) is 6.54. The van der Waals surface area contributed by atoms with Crippen LogP contribution in [-0.4, -0.2) is 119 Å². The van der Waals surface area contributed by atoms with Crippen molar-refractivity contribution in [1.82, 2.24) is 30.2 Å². The zero-order chi connectivity index (χ0) is 33.0. The molecule has 2 N–H and O–H groups in total. The van der Waals surface area contributed by atoms with Gasteiger partial charge in [0.25, 0.3) is 0 Å². The van der Waals surface area contributed by atoms with Crippen LogP contribution in [0.3, 0.4) is 0 Å². The van der Waals surface area contributed by atoms with Crippen molar-refractivity contribution >= 4 is 41.9 Å². The maximum atomic E-state index is 14.2. The van der Waals surface area contributed by atoms with E-state index in [1.54, 1.807) is 16.8 Å². The summed E-state index contributed by atoms with van der Waals surface area (Å²) in [5, 5.41) is 5.96. The van der Waals surface area contributed by atoms with Gasteiger partial charge in [0.15, 0.2) is 0 Å². The molecule has 0 bridgehead atoms. The van der Waals surface area contributed by atoms with Crippen molar-refractivity contribution in [2.75, 3.05) is 34.2 Å². The van der Waals surface area contributed by atoms with E-state index in [0.29, 0.717) is 32.4 Å². The minimum absolute atomic E-state index is 0. The van der Waals surface area contributed by atoms with Crippen LogP contribution in [0.5, 0.6) is 0 Å². The van der Waals surface area contributed by atoms with E-state index < -0.39 is 35.7 Å². The smallest absolute Gasteiger partial charge is 0.246 e. The Morgan fingerprint density at radius 3 is 1.70 bits per heavy atom. The molecule has 2 saturated heterocycles. The van der Waals surface area contributed by atoms with Crippen molar-refractivity contribution in [2.24, 2.45) is 17.8 Å². The summed E-state index contributed by atoms with van der Waals surface area (Å²) >= 11 is 0. The third-order valence-electron chi connectivity index (χ3n) is 8.49. The van der Waals surface area contributed by atoms with Gasteiger partial charge in [0.2, 0.25) is 29.5 Å². The molecule has 0 aromatic heterocycles. The lowest BCUT2D eigenvalue weighted by Crippen LogP contribution is -2.61. The number of hydrogen-bond acceptors (Lipinski definition) is 6. The number of amides is 5. The summed E-state index contributed by atoms with van der Waals surface area (Å²) < 4.78 is 0. The summed E-state index contributed by atoms with van der Waals surface area (Å²) in [6.45, 7) is 18.1. The first-order chi connectivity index (χ1) is 19.8. The van der Waals surface area contributed by atoms with E-state index in [2.05, 4.69) is 10.6 Å². The average molecular weight is 643 g/mol. The van der Waals surface area contributed by atoms with Gasteiger partial charge in [-0.3, -0.25) is 28.9 Å². The first-order valence-electron chi connectivity index (χ1n) is 16.0. The number of nitrogens with one attached hydrogen (secondary N) is 2. The van der Waals surface area contributed by atoms with Crippen LogP contribution in [0.25, 0.3) is 0 Å². The molecule has 2 aliphatic heterocycles. The highest BCUT2D eigenvalue weighted by Gasteiger charge is 2.46. The number of hydrogen-bond donors (Lipinski definition) is 2. The van der Waals surface area contributed by atoms with Gasteiger partial charge in [-0.2, -0.15) is 0 Å². The number of nitrogens with zero attached hydrogens (tertiary/aromatic N) is 4. The summed E-state index contributed by atoms with van der Waals surface area (Å²) in [7, 11) is 5.29. The molecule has 0 unspecified atom stereocenters. The minimum Gasteiger partial charge on any atom is -0.350 e. The summed E-state index contributed by atoms with van der Waals surface area (Å²) in [5.74, 6) is -1.61. The highest BCUT2D eigenvalue weighted by atomic mass is 35.5. The number of carbonyl (C=O) groups is 5. The molecule has 0 saturated carbocycles. The van der Waals surface area contributed by atoms with Gasteiger partial charge < -0.3 is 25.3 Å². The van der Waals surface area contributed by atoms with Crippen LogP contribution in [0.4, 0.5) is 0 Å². The fraction of sp³-hybridized carbons (Fsp3) is 0.844. The summed E-state index contributed by atoms with van der Waals surface area (Å²) in [6.07, 6.45) is 2.51. The molecule has 5 amide bonds. The molecule has 254 valence electrons. The lowest BCUT2D eigenvalue weighted by Gasteiger charge is -2.39. The van der Waals surface area contributed by atoms with Gasteiger partial charge in [0, 0.05) is 25.7 Å². The molecule has 2 fully saturated rings. The standard InChI is InChI=1S/C32H58N6O5.ClH/c1-19(2)24(33-28(40)25(20(3)4)35(10)11)30(42)36(12)26(21(5)6)31(43)38-18-14-16-23(38)29(41)37-17-13-15-22(37)27(39)34-32(7,8)9;/h19-26H,13-18H2,1-12H3,(H,33,40)(H,34,39);1H/t22-,23-,24-,25-,26-;/m0./s1. The quantitative estimate of drug-likeness (QED) is 0.357. The lowest BCUT2D eigenvalue weighted by molar-refractivity contribution is -0.153. The van der Waals surface area contributed by atoms with Gasteiger partial charge in [-0.25, -0.2) is 0 Å². The predicted octanol–water partition coefficient (Wildman–Crippen LogP) is 2.51. The second kappa shape index (κ2) is 16.2. The molecule has 2 rings (SSSR count). The number of carbonyl (C=O) groups excluding carboxylic acids is 5. The summed E-state index contributed by atoms with van der Waals surface area (Å²) in [5.41, 5.74) is -0.416. The first kappa shape index (κ1) is 39.6. The SMILES string of the molecule is CC(C)[C@H](NC(=O)[C@H](C(C)C)N(C)C)C(=O)N(C)[C@H](C(=O)N1CCC[C@H]1C(=O)N1CCC[C@H]1C(=O)NC(C)(C)C)C(C)C.Cl. The Labute approximate surface area is 271 Å². The van der Waals surface area contributed by atoms with Crippen molar-refractivity contribution in [3.05, 3.63) is 0 Å². The molecule has 2 heterocycles. The molecular weight excluding hydrogens is 584 g/mol. The average Bonchev–Trinajstić information content (AvgIpc) is 3.55. The van der Waals surface area contributed by atoms with Crippen LogP contribution in [-0.2, 0) is 24.0 Å². The zero-order valence-corrected chi connectivity index (χ0v) is 29.9. The Morgan fingerprint density at radius 2 is 1.25 bits per heavy atom. The summed E-state index contributed by atoms with van der Waals surface area (Å²) in [6, 6.07) is -3.25. The second-order valence-corrected chi connectivity index (χ2v) is 14.6. The normalized spacial score (nSPS) is 20.9. The van der Waals surface area contributed by atoms with Crippen molar-refractivity contribution in [2.45, 2.75) is 124 Å². The highest BCUT2D eigenvalue weighted by Crippen LogP contribution is 2.28. The molecule has 44 heavy (non-hydrogen) atoms. The van der Waals surface area contributed by atoms with Crippen LogP contribution in [0, 0.1) is 17.8 Å². The highest BCUT2D eigenvalue weighted by molar-refractivity contribution is 5.96. The largest absolute Gasteiger partial charge is 0.350 e. The van der Waals surface area contributed by atoms with E-state index in [1.807, 2.05) is 81.3 Å². The molecule has 0 aliphatic carbocycles. The van der Waals surface area contributed by atoms with E-state index in [4.69, 9.17) is 0 Å². The van der Waals surface area contributed by atoms with Crippen LogP contribution in [0.1, 0.15) is 88.0 Å². The Kier molecular flexibility index (Phi) is 14.6. The van der Waals surface area contributed by atoms with E-state index in [0.717, 1.165) is 6.42 Å². The van der Waals surface area contributed by atoms with Crippen LogP contribution < -0.4 is 10.6 Å². The third-order valence-corrected chi connectivity index (χ3v) is 8.49. The predicted molar refractivity (Wildman–Crippen MR) is 175 cm³/mol. The topological polar surface area (TPSA) is 122 Å². The Hall–Kier alpha value is -2.40. The molecule has 0 spiro atoms. The zero-order valence-electron chi connectivity index (χ0n) is 29.1. The van der Waals surface area contributed by atoms with Crippen LogP contribution in [0.2, 0.25) is 0 Å². The van der Waals surface area contributed by atoms with E-state index in [1.165, 1.54) is 4.90 Å². The second-order valence-electron chi connectivity index (χ2n) is 14.6.